The van der Waals surface area contributed by atoms with Crippen molar-refractivity contribution in [1.29, 1.82) is 0 Å². The predicted molar refractivity (Wildman–Crippen MR) is 150 cm³/mol. The summed E-state index contributed by atoms with van der Waals surface area (Å²) in [5.74, 6) is 0.427. The first-order chi connectivity index (χ1) is 18.0. The van der Waals surface area contributed by atoms with E-state index in [0.717, 1.165) is 15.7 Å². The average molecular weight is 598 g/mol. The molecule has 4 N–H and O–H groups in total. The third kappa shape index (κ3) is 6.69. The monoisotopic (exact) mass is 596 g/mol. The molecule has 0 aliphatic rings. The standard InChI is InChI=1S/C28H29BrN4O4S/c1-19(26-30-18-25(29)32-26)28(2,35)16-20-12-14-22(15-13-20)23-10-6-7-11-24(23)38(36,37)33-27(34)31-17-21-8-4-3-5-9-21/h3-15,18-19,35H,16-17H2,1-2H3,(H,30,32)(H2,31,33,34). The lowest BCUT2D eigenvalue weighted by Gasteiger charge is -2.29. The Balaban J connectivity index is 1.48. The number of H-pyrrole nitrogens is 1. The maximum absolute atomic E-state index is 13.1. The van der Waals surface area contributed by atoms with Gasteiger partial charge in [-0.15, -0.1) is 0 Å². The number of nitrogens with zero attached hydrogens (tertiary/aromatic N) is 1. The summed E-state index contributed by atoms with van der Waals surface area (Å²) in [5.41, 5.74) is 1.79. The molecule has 4 rings (SSSR count). The fraction of sp³-hybridized carbons (Fsp3) is 0.214. The van der Waals surface area contributed by atoms with Crippen LogP contribution in [0.2, 0.25) is 0 Å². The SMILES string of the molecule is CC(c1ncc(Br)[nH]1)C(C)(O)Cc1ccc(-c2ccccc2S(=O)(=O)NC(=O)NCc2ccccc2)cc1. The van der Waals surface area contributed by atoms with E-state index in [0.29, 0.717) is 23.4 Å². The molecule has 1 aromatic heterocycles. The van der Waals surface area contributed by atoms with Gasteiger partial charge < -0.3 is 15.4 Å². The molecule has 2 amide bonds. The van der Waals surface area contributed by atoms with Crippen molar-refractivity contribution in [3.05, 3.63) is 107 Å². The minimum Gasteiger partial charge on any atom is -0.389 e. The van der Waals surface area contributed by atoms with Crippen LogP contribution in [0.15, 0.2) is 94.6 Å². The van der Waals surface area contributed by atoms with Gasteiger partial charge in [0.25, 0.3) is 10.0 Å². The largest absolute Gasteiger partial charge is 0.389 e. The molecule has 1 heterocycles. The molecule has 0 aliphatic carbocycles. The van der Waals surface area contributed by atoms with Crippen LogP contribution in [0.3, 0.4) is 0 Å². The Morgan fingerprint density at radius 2 is 1.68 bits per heavy atom. The molecule has 0 saturated carbocycles. The lowest BCUT2D eigenvalue weighted by atomic mass is 9.84. The highest BCUT2D eigenvalue weighted by Gasteiger charge is 2.32. The smallest absolute Gasteiger partial charge is 0.328 e. The van der Waals surface area contributed by atoms with E-state index in [9.17, 15) is 18.3 Å². The minimum absolute atomic E-state index is 0.00775. The number of aromatic nitrogens is 2. The van der Waals surface area contributed by atoms with E-state index < -0.39 is 21.7 Å². The topological polar surface area (TPSA) is 124 Å². The van der Waals surface area contributed by atoms with E-state index in [1.54, 1.807) is 31.3 Å². The van der Waals surface area contributed by atoms with E-state index >= 15 is 0 Å². The summed E-state index contributed by atoms with van der Waals surface area (Å²) in [4.78, 5) is 19.8. The number of hydrogen-bond donors (Lipinski definition) is 4. The minimum atomic E-state index is -4.14. The Morgan fingerprint density at radius 1 is 1.03 bits per heavy atom. The predicted octanol–water partition coefficient (Wildman–Crippen LogP) is 5.12. The fourth-order valence-electron chi connectivity index (χ4n) is 4.13. The van der Waals surface area contributed by atoms with Gasteiger partial charge in [0.05, 0.1) is 16.7 Å². The van der Waals surface area contributed by atoms with Gasteiger partial charge in [-0.25, -0.2) is 22.9 Å². The lowest BCUT2D eigenvalue weighted by molar-refractivity contribution is 0.0340. The maximum Gasteiger partial charge on any atom is 0.328 e. The van der Waals surface area contributed by atoms with Gasteiger partial charge in [-0.3, -0.25) is 0 Å². The normalized spacial score (nSPS) is 13.9. The Bertz CT molecular complexity index is 1500. The second-order valence-corrected chi connectivity index (χ2v) is 11.8. The summed E-state index contributed by atoms with van der Waals surface area (Å²) in [6.45, 7) is 3.87. The zero-order chi connectivity index (χ0) is 27.3. The van der Waals surface area contributed by atoms with Crippen molar-refractivity contribution in [3.8, 4) is 11.1 Å². The lowest BCUT2D eigenvalue weighted by Crippen LogP contribution is -2.39. The van der Waals surface area contributed by atoms with Crippen LogP contribution in [0, 0.1) is 0 Å². The number of hydrogen-bond acceptors (Lipinski definition) is 5. The first-order valence-electron chi connectivity index (χ1n) is 12.0. The summed E-state index contributed by atoms with van der Waals surface area (Å²) in [5, 5.41) is 13.7. The molecule has 4 aromatic rings. The highest BCUT2D eigenvalue weighted by molar-refractivity contribution is 9.10. The van der Waals surface area contributed by atoms with Crippen LogP contribution >= 0.6 is 15.9 Å². The molecule has 198 valence electrons. The Morgan fingerprint density at radius 3 is 2.34 bits per heavy atom. The number of carbonyl (C=O) groups excluding carboxylic acids is 1. The highest BCUT2D eigenvalue weighted by Crippen LogP contribution is 2.32. The van der Waals surface area contributed by atoms with Crippen LogP contribution in [0.25, 0.3) is 11.1 Å². The molecule has 3 aromatic carbocycles. The summed E-state index contributed by atoms with van der Waals surface area (Å²) >= 11 is 3.35. The number of aliphatic hydroxyl groups is 1. The molecule has 8 nitrogen and oxygen atoms in total. The molecular weight excluding hydrogens is 568 g/mol. The number of benzene rings is 3. The van der Waals surface area contributed by atoms with Gasteiger partial charge in [-0.2, -0.15) is 0 Å². The number of halogens is 1. The first kappa shape index (κ1) is 27.6. The van der Waals surface area contributed by atoms with Crippen molar-refractivity contribution in [2.75, 3.05) is 0 Å². The average Bonchev–Trinajstić information content (AvgIpc) is 3.33. The van der Waals surface area contributed by atoms with Crippen molar-refractivity contribution in [2.24, 2.45) is 0 Å². The number of amides is 2. The summed E-state index contributed by atoms with van der Waals surface area (Å²) in [7, 11) is -4.14. The zero-order valence-corrected chi connectivity index (χ0v) is 23.4. The highest BCUT2D eigenvalue weighted by atomic mass is 79.9. The van der Waals surface area contributed by atoms with Gasteiger partial charge in [0.1, 0.15) is 10.4 Å². The fourth-order valence-corrected chi connectivity index (χ4v) is 5.59. The second-order valence-electron chi connectivity index (χ2n) is 9.34. The third-order valence-electron chi connectivity index (χ3n) is 6.43. The molecule has 0 bridgehead atoms. The van der Waals surface area contributed by atoms with E-state index in [-0.39, 0.29) is 17.4 Å². The van der Waals surface area contributed by atoms with Gasteiger partial charge in [0, 0.05) is 24.4 Å². The van der Waals surface area contributed by atoms with Gasteiger partial charge in [-0.05, 0) is 45.6 Å². The quantitative estimate of drug-likeness (QED) is 0.213. The van der Waals surface area contributed by atoms with Crippen LogP contribution in [-0.4, -0.2) is 35.1 Å². The molecule has 2 unspecified atom stereocenters. The number of carbonyl (C=O) groups is 1. The number of rotatable bonds is 9. The van der Waals surface area contributed by atoms with E-state index in [1.807, 2.05) is 61.5 Å². The van der Waals surface area contributed by atoms with Crippen molar-refractivity contribution < 1.29 is 18.3 Å². The van der Waals surface area contributed by atoms with Crippen LogP contribution in [-0.2, 0) is 23.0 Å². The Labute approximate surface area is 230 Å². The van der Waals surface area contributed by atoms with Crippen molar-refractivity contribution >= 4 is 32.0 Å². The van der Waals surface area contributed by atoms with E-state index in [4.69, 9.17) is 0 Å². The number of aromatic amines is 1. The molecule has 2 atom stereocenters. The molecule has 0 saturated heterocycles. The van der Waals surface area contributed by atoms with E-state index in [2.05, 4.69) is 35.9 Å². The van der Waals surface area contributed by atoms with Crippen LogP contribution in [0.1, 0.15) is 36.7 Å². The molecular formula is C28H29BrN4O4S. The number of imidazole rings is 1. The molecule has 0 aliphatic heterocycles. The molecule has 10 heteroatoms. The first-order valence-corrected chi connectivity index (χ1v) is 14.3. The third-order valence-corrected chi connectivity index (χ3v) is 8.23. The summed E-state index contributed by atoms with van der Waals surface area (Å²) in [6, 6.07) is 22.3. The molecule has 0 spiro atoms. The number of sulfonamides is 1. The van der Waals surface area contributed by atoms with Crippen molar-refractivity contribution in [3.63, 3.8) is 0 Å². The van der Waals surface area contributed by atoms with E-state index in [1.165, 1.54) is 6.07 Å². The van der Waals surface area contributed by atoms with Gasteiger partial charge in [0.15, 0.2) is 0 Å². The van der Waals surface area contributed by atoms with Crippen LogP contribution < -0.4 is 10.0 Å². The van der Waals surface area contributed by atoms with Crippen LogP contribution in [0.5, 0.6) is 0 Å². The second kappa shape index (κ2) is 11.5. The molecule has 0 fully saturated rings. The van der Waals surface area contributed by atoms with Crippen molar-refractivity contribution in [1.82, 2.24) is 20.0 Å². The van der Waals surface area contributed by atoms with Crippen LogP contribution in [0.4, 0.5) is 4.79 Å². The summed E-state index contributed by atoms with van der Waals surface area (Å²) < 4.78 is 29.0. The van der Waals surface area contributed by atoms with Gasteiger partial charge >= 0.3 is 6.03 Å². The van der Waals surface area contributed by atoms with Crippen molar-refractivity contribution in [2.45, 2.75) is 43.2 Å². The number of urea groups is 1. The maximum atomic E-state index is 13.1. The Hall–Kier alpha value is -3.47. The number of nitrogens with one attached hydrogen (secondary N) is 3. The summed E-state index contributed by atoms with van der Waals surface area (Å²) in [6.07, 6.45) is 2.03. The Kier molecular flexibility index (Phi) is 8.35. The molecule has 38 heavy (non-hydrogen) atoms. The van der Waals surface area contributed by atoms with Gasteiger partial charge in [-0.1, -0.05) is 79.7 Å². The van der Waals surface area contributed by atoms with Gasteiger partial charge in [0.2, 0.25) is 0 Å². The molecule has 0 radical (unpaired) electrons. The zero-order valence-electron chi connectivity index (χ0n) is 21.0.